The molecule has 0 bridgehead atoms. The molecule has 1 aliphatic carbocycles. The summed E-state index contributed by atoms with van der Waals surface area (Å²) in [5, 5.41) is 42.0. The van der Waals surface area contributed by atoms with Crippen LogP contribution in [0.5, 0.6) is 23.0 Å². The first-order valence-electron chi connectivity index (χ1n) is 8.96. The predicted molar refractivity (Wildman–Crippen MR) is 96.7 cm³/mol. The van der Waals surface area contributed by atoms with Gasteiger partial charge in [0.15, 0.2) is 23.0 Å². The van der Waals surface area contributed by atoms with Crippen molar-refractivity contribution in [1.29, 1.82) is 0 Å². The van der Waals surface area contributed by atoms with Crippen LogP contribution in [0.25, 0.3) is 11.1 Å². The van der Waals surface area contributed by atoms with E-state index in [1.54, 1.807) is 12.1 Å². The van der Waals surface area contributed by atoms with Gasteiger partial charge in [-0.3, -0.25) is 9.80 Å². The molecule has 4 N–H and O–H groups in total. The van der Waals surface area contributed by atoms with Crippen LogP contribution in [-0.4, -0.2) is 57.4 Å². The number of hydrogen-bond acceptors (Lipinski definition) is 6. The van der Waals surface area contributed by atoms with Gasteiger partial charge in [0.25, 0.3) is 0 Å². The summed E-state index contributed by atoms with van der Waals surface area (Å²) < 4.78 is 0. The monoisotopic (exact) mass is 354 g/mol. The Morgan fingerprint density at radius 2 is 1.12 bits per heavy atom. The molecule has 6 heteroatoms. The van der Waals surface area contributed by atoms with E-state index >= 15 is 0 Å². The van der Waals surface area contributed by atoms with Crippen molar-refractivity contribution in [3.05, 3.63) is 34.4 Å². The van der Waals surface area contributed by atoms with Crippen molar-refractivity contribution in [2.24, 2.45) is 0 Å². The average molecular weight is 354 g/mol. The topological polar surface area (TPSA) is 87.4 Å². The summed E-state index contributed by atoms with van der Waals surface area (Å²) in [6.45, 7) is 1.72. The van der Waals surface area contributed by atoms with Crippen LogP contribution >= 0.6 is 0 Å². The minimum atomic E-state index is -0.223. The van der Waals surface area contributed by atoms with E-state index < -0.39 is 0 Å². The van der Waals surface area contributed by atoms with E-state index in [1.807, 2.05) is 0 Å². The fraction of sp³-hybridized carbons (Fsp3) is 0.400. The summed E-state index contributed by atoms with van der Waals surface area (Å²) in [6.07, 6.45) is 1.53. The highest BCUT2D eigenvalue weighted by Crippen LogP contribution is 2.61. The van der Waals surface area contributed by atoms with Crippen LogP contribution in [0.2, 0.25) is 0 Å². The second kappa shape index (κ2) is 5.05. The Balaban J connectivity index is 1.97. The molecule has 0 unspecified atom stereocenters. The molecular weight excluding hydrogens is 332 g/mol. The van der Waals surface area contributed by atoms with E-state index in [0.717, 1.165) is 48.2 Å². The fourth-order valence-electron chi connectivity index (χ4n) is 5.16. The van der Waals surface area contributed by atoms with E-state index in [-0.39, 0.29) is 35.1 Å². The maximum absolute atomic E-state index is 10.7. The third-order valence-electron chi connectivity index (χ3n) is 6.37. The first-order valence-corrected chi connectivity index (χ1v) is 8.96. The number of nitrogens with zero attached hydrogens (tertiary/aromatic N) is 2. The zero-order chi connectivity index (χ0) is 18.3. The molecule has 6 nitrogen and oxygen atoms in total. The number of rotatable bonds is 0. The van der Waals surface area contributed by atoms with Crippen molar-refractivity contribution >= 4 is 0 Å². The molecule has 2 atom stereocenters. The lowest BCUT2D eigenvalue weighted by Crippen LogP contribution is -2.46. The smallest absolute Gasteiger partial charge is 0.165 e. The summed E-state index contributed by atoms with van der Waals surface area (Å²) >= 11 is 0. The first kappa shape index (κ1) is 15.8. The van der Waals surface area contributed by atoms with Gasteiger partial charge in [-0.2, -0.15) is 0 Å². The summed E-state index contributed by atoms with van der Waals surface area (Å²) in [6, 6.07) is 3.34. The van der Waals surface area contributed by atoms with Crippen LogP contribution in [0.15, 0.2) is 12.1 Å². The molecule has 0 spiro atoms. The zero-order valence-corrected chi connectivity index (χ0v) is 14.8. The quantitative estimate of drug-likeness (QED) is 0.543. The van der Waals surface area contributed by atoms with Crippen LogP contribution in [-0.2, 0) is 12.8 Å². The maximum Gasteiger partial charge on any atom is 0.165 e. The van der Waals surface area contributed by atoms with Crippen molar-refractivity contribution in [3.63, 3.8) is 0 Å². The highest BCUT2D eigenvalue weighted by molar-refractivity contribution is 5.89. The van der Waals surface area contributed by atoms with E-state index in [1.165, 1.54) is 0 Å². The van der Waals surface area contributed by atoms with Crippen molar-refractivity contribution < 1.29 is 20.4 Å². The SMILES string of the molecule is CN1CCc2cc(O)c(O)c3c2[C@H]1[C@@H]1c2c(cc(O)c(O)c2-3)CCN1C. The number of phenolic OH excluding ortho intramolecular Hbond substituents is 4. The summed E-state index contributed by atoms with van der Waals surface area (Å²) in [7, 11) is 4.16. The maximum atomic E-state index is 10.7. The average Bonchev–Trinajstić information content (AvgIpc) is 2.61. The van der Waals surface area contributed by atoms with Crippen LogP contribution in [0.1, 0.15) is 34.3 Å². The molecule has 136 valence electrons. The normalized spacial score (nSPS) is 24.2. The molecule has 0 radical (unpaired) electrons. The summed E-state index contributed by atoms with van der Waals surface area (Å²) in [5.74, 6) is -0.806. The molecule has 0 saturated carbocycles. The van der Waals surface area contributed by atoms with E-state index in [9.17, 15) is 20.4 Å². The van der Waals surface area contributed by atoms with E-state index in [2.05, 4.69) is 23.9 Å². The van der Waals surface area contributed by atoms with Crippen LogP contribution in [0, 0.1) is 0 Å². The van der Waals surface area contributed by atoms with Gasteiger partial charge in [-0.25, -0.2) is 0 Å². The third-order valence-corrected chi connectivity index (χ3v) is 6.37. The highest BCUT2D eigenvalue weighted by atomic mass is 16.3. The Hall–Kier alpha value is -2.44. The van der Waals surface area contributed by atoms with Crippen molar-refractivity contribution in [1.82, 2.24) is 9.80 Å². The van der Waals surface area contributed by atoms with Crippen molar-refractivity contribution in [3.8, 4) is 34.1 Å². The second-order valence-electron chi connectivity index (χ2n) is 7.74. The van der Waals surface area contributed by atoms with Gasteiger partial charge in [0, 0.05) is 24.2 Å². The first-order chi connectivity index (χ1) is 12.4. The zero-order valence-electron chi connectivity index (χ0n) is 14.8. The lowest BCUT2D eigenvalue weighted by Gasteiger charge is -2.50. The van der Waals surface area contributed by atoms with E-state index in [4.69, 9.17) is 0 Å². The predicted octanol–water partition coefficient (Wildman–Crippen LogP) is 2.25. The Morgan fingerprint density at radius 1 is 0.731 bits per heavy atom. The molecule has 0 saturated heterocycles. The van der Waals surface area contributed by atoms with Crippen LogP contribution < -0.4 is 0 Å². The Labute approximate surface area is 151 Å². The summed E-state index contributed by atoms with van der Waals surface area (Å²) in [4.78, 5) is 4.57. The number of hydrogen-bond donors (Lipinski definition) is 4. The molecule has 2 aliphatic heterocycles. The number of likely N-dealkylation sites (N-methyl/N-ethyl adjacent to an activating group) is 2. The Kier molecular flexibility index (Phi) is 3.07. The van der Waals surface area contributed by atoms with Gasteiger partial charge in [-0.1, -0.05) is 0 Å². The lowest BCUT2D eigenvalue weighted by molar-refractivity contribution is 0.0946. The van der Waals surface area contributed by atoms with Gasteiger partial charge in [0.1, 0.15) is 0 Å². The van der Waals surface area contributed by atoms with Crippen LogP contribution in [0.4, 0.5) is 0 Å². The van der Waals surface area contributed by atoms with Gasteiger partial charge in [-0.05, 0) is 61.3 Å². The van der Waals surface area contributed by atoms with Gasteiger partial charge in [0.05, 0.1) is 12.1 Å². The molecule has 2 aromatic carbocycles. The standard InChI is InChI=1S/C20H22N2O4/c1-21-5-3-9-7-11(23)19(25)15-13(9)17(21)18-14-10(4-6-22(18)2)8-12(24)20(26)16(14)15/h7-8,17-18,23-26H,3-6H2,1-2H3/t17-,18-/m0/s1. The minimum Gasteiger partial charge on any atom is -0.504 e. The van der Waals surface area contributed by atoms with Gasteiger partial charge in [0.2, 0.25) is 0 Å². The molecule has 0 fully saturated rings. The number of phenols is 4. The molecule has 5 rings (SSSR count). The molecule has 0 aromatic heterocycles. The van der Waals surface area contributed by atoms with Gasteiger partial charge >= 0.3 is 0 Å². The Morgan fingerprint density at radius 3 is 1.50 bits per heavy atom. The number of benzene rings is 2. The minimum absolute atomic E-state index is 0.0285. The molecule has 0 amide bonds. The highest BCUT2D eigenvalue weighted by Gasteiger charge is 2.47. The molecule has 26 heavy (non-hydrogen) atoms. The number of fused-ring (bicyclic) bond motifs is 2. The molecule has 3 aliphatic rings. The summed E-state index contributed by atoms with van der Waals surface area (Å²) in [5.41, 5.74) is 4.82. The van der Waals surface area contributed by atoms with Crippen LogP contribution in [0.3, 0.4) is 0 Å². The van der Waals surface area contributed by atoms with Gasteiger partial charge < -0.3 is 20.4 Å². The molecule has 2 aromatic rings. The second-order valence-corrected chi connectivity index (χ2v) is 7.74. The van der Waals surface area contributed by atoms with Crippen molar-refractivity contribution in [2.45, 2.75) is 24.9 Å². The lowest BCUT2D eigenvalue weighted by atomic mass is 9.70. The number of aromatic hydroxyl groups is 4. The van der Waals surface area contributed by atoms with Gasteiger partial charge in [-0.15, -0.1) is 0 Å². The molecule has 2 heterocycles. The Bertz CT molecular complexity index is 878. The molecular formula is C20H22N2O4. The largest absolute Gasteiger partial charge is 0.504 e. The van der Waals surface area contributed by atoms with Crippen molar-refractivity contribution in [2.75, 3.05) is 27.2 Å². The third kappa shape index (κ3) is 1.78. The fourth-order valence-corrected chi connectivity index (χ4v) is 5.16. The van der Waals surface area contributed by atoms with E-state index in [0.29, 0.717) is 11.1 Å².